The van der Waals surface area contributed by atoms with Crippen LogP contribution in [0.2, 0.25) is 0 Å². The number of anilines is 1. The lowest BCUT2D eigenvalue weighted by Crippen LogP contribution is -1.90. The average Bonchev–Trinajstić information content (AvgIpc) is 2.68. The first-order valence-electron chi connectivity index (χ1n) is 5.07. The highest BCUT2D eigenvalue weighted by Crippen LogP contribution is 2.21. The van der Waals surface area contributed by atoms with Gasteiger partial charge >= 0.3 is 0 Å². The van der Waals surface area contributed by atoms with Crippen molar-refractivity contribution in [3.05, 3.63) is 30.1 Å². The molecular formula is C11H14N4. The molecule has 78 valence electrons. The number of nitrogens with one attached hydrogen (secondary N) is 1. The molecule has 1 aromatic heterocycles. The van der Waals surface area contributed by atoms with Gasteiger partial charge in [0.25, 0.3) is 0 Å². The number of rotatable bonds is 3. The minimum Gasteiger partial charge on any atom is -0.398 e. The third kappa shape index (κ3) is 1.98. The molecule has 0 fully saturated rings. The van der Waals surface area contributed by atoms with Crippen LogP contribution in [0.25, 0.3) is 11.4 Å². The van der Waals surface area contributed by atoms with Crippen LogP contribution in [0.4, 0.5) is 5.69 Å². The minimum absolute atomic E-state index is 0.719. The predicted molar refractivity (Wildman–Crippen MR) is 60.2 cm³/mol. The molecule has 1 heterocycles. The third-order valence-corrected chi connectivity index (χ3v) is 2.22. The largest absolute Gasteiger partial charge is 0.398 e. The normalized spacial score (nSPS) is 10.5. The van der Waals surface area contributed by atoms with Crippen molar-refractivity contribution in [1.29, 1.82) is 0 Å². The fourth-order valence-electron chi connectivity index (χ4n) is 1.47. The summed E-state index contributed by atoms with van der Waals surface area (Å²) in [6.07, 6.45) is 1.94. The van der Waals surface area contributed by atoms with Crippen LogP contribution in [0.15, 0.2) is 24.3 Å². The van der Waals surface area contributed by atoms with E-state index in [1.807, 2.05) is 24.3 Å². The summed E-state index contributed by atoms with van der Waals surface area (Å²) in [7, 11) is 0. The molecule has 0 radical (unpaired) electrons. The number of hydrogen-bond acceptors (Lipinski definition) is 3. The van der Waals surface area contributed by atoms with E-state index in [-0.39, 0.29) is 0 Å². The molecule has 0 aliphatic rings. The first kappa shape index (κ1) is 9.71. The van der Waals surface area contributed by atoms with Gasteiger partial charge in [-0.05, 0) is 18.6 Å². The summed E-state index contributed by atoms with van der Waals surface area (Å²) < 4.78 is 0. The second kappa shape index (κ2) is 4.13. The van der Waals surface area contributed by atoms with Gasteiger partial charge in [0.15, 0.2) is 11.6 Å². The van der Waals surface area contributed by atoms with Gasteiger partial charge in [-0.15, -0.1) is 0 Å². The third-order valence-electron chi connectivity index (χ3n) is 2.22. The molecule has 0 unspecified atom stereocenters. The number of para-hydroxylation sites is 1. The van der Waals surface area contributed by atoms with E-state index in [0.717, 1.165) is 35.7 Å². The van der Waals surface area contributed by atoms with E-state index in [1.54, 1.807) is 0 Å². The molecule has 1 aromatic carbocycles. The number of hydrogen-bond donors (Lipinski definition) is 2. The van der Waals surface area contributed by atoms with E-state index in [0.29, 0.717) is 0 Å². The van der Waals surface area contributed by atoms with Gasteiger partial charge in [0.1, 0.15) is 0 Å². The summed E-state index contributed by atoms with van der Waals surface area (Å²) in [6.45, 7) is 2.10. The Kier molecular flexibility index (Phi) is 2.67. The lowest BCUT2D eigenvalue weighted by atomic mass is 10.2. The van der Waals surface area contributed by atoms with E-state index in [9.17, 15) is 0 Å². The summed E-state index contributed by atoms with van der Waals surface area (Å²) >= 11 is 0. The fraction of sp³-hybridized carbons (Fsp3) is 0.273. The van der Waals surface area contributed by atoms with Crippen molar-refractivity contribution < 1.29 is 0 Å². The quantitative estimate of drug-likeness (QED) is 0.748. The van der Waals surface area contributed by atoms with E-state index >= 15 is 0 Å². The molecule has 0 atom stereocenters. The van der Waals surface area contributed by atoms with E-state index in [1.165, 1.54) is 0 Å². The first-order chi connectivity index (χ1) is 7.31. The maximum absolute atomic E-state index is 5.85. The number of aromatic nitrogens is 3. The highest BCUT2D eigenvalue weighted by molar-refractivity contribution is 5.70. The molecule has 0 bridgehead atoms. The minimum atomic E-state index is 0.719. The number of H-pyrrole nitrogens is 1. The van der Waals surface area contributed by atoms with Crippen LogP contribution in [0.3, 0.4) is 0 Å². The maximum Gasteiger partial charge on any atom is 0.157 e. The Morgan fingerprint density at radius 3 is 2.87 bits per heavy atom. The van der Waals surface area contributed by atoms with Gasteiger partial charge in [0, 0.05) is 17.7 Å². The number of nitrogen functional groups attached to an aromatic ring is 1. The number of aromatic amines is 1. The molecule has 4 heteroatoms. The molecule has 3 N–H and O–H groups in total. The molecule has 4 nitrogen and oxygen atoms in total. The highest BCUT2D eigenvalue weighted by atomic mass is 15.2. The summed E-state index contributed by atoms with van der Waals surface area (Å²) in [5, 5.41) is 7.04. The zero-order valence-electron chi connectivity index (χ0n) is 8.70. The van der Waals surface area contributed by atoms with Gasteiger partial charge in [-0.25, -0.2) is 4.98 Å². The Balaban J connectivity index is 2.33. The van der Waals surface area contributed by atoms with Crippen LogP contribution in [-0.2, 0) is 6.42 Å². The van der Waals surface area contributed by atoms with Crippen molar-refractivity contribution in [1.82, 2.24) is 15.2 Å². The van der Waals surface area contributed by atoms with Crippen LogP contribution in [0.5, 0.6) is 0 Å². The van der Waals surface area contributed by atoms with Crippen molar-refractivity contribution in [2.45, 2.75) is 19.8 Å². The lowest BCUT2D eigenvalue weighted by Gasteiger charge is -1.99. The summed E-state index contributed by atoms with van der Waals surface area (Å²) in [4.78, 5) is 4.38. The molecular weight excluding hydrogens is 188 g/mol. The van der Waals surface area contributed by atoms with Gasteiger partial charge < -0.3 is 5.73 Å². The van der Waals surface area contributed by atoms with E-state index in [4.69, 9.17) is 5.73 Å². The number of aryl methyl sites for hydroxylation is 1. The van der Waals surface area contributed by atoms with Crippen molar-refractivity contribution >= 4 is 5.69 Å². The monoisotopic (exact) mass is 202 g/mol. The average molecular weight is 202 g/mol. The lowest BCUT2D eigenvalue weighted by molar-refractivity contribution is 0.841. The van der Waals surface area contributed by atoms with Gasteiger partial charge in [0.2, 0.25) is 0 Å². The highest BCUT2D eigenvalue weighted by Gasteiger charge is 2.06. The van der Waals surface area contributed by atoms with Crippen molar-refractivity contribution in [3.63, 3.8) is 0 Å². The Morgan fingerprint density at radius 2 is 2.13 bits per heavy atom. The van der Waals surface area contributed by atoms with Crippen molar-refractivity contribution in [3.8, 4) is 11.4 Å². The molecule has 2 rings (SSSR count). The van der Waals surface area contributed by atoms with Crippen LogP contribution in [0.1, 0.15) is 19.2 Å². The smallest absolute Gasteiger partial charge is 0.157 e. The maximum atomic E-state index is 5.85. The van der Waals surface area contributed by atoms with Gasteiger partial charge in [-0.2, -0.15) is 5.10 Å². The zero-order chi connectivity index (χ0) is 10.7. The molecule has 0 aliphatic heterocycles. The van der Waals surface area contributed by atoms with Gasteiger partial charge in [-0.3, -0.25) is 5.10 Å². The molecule has 0 spiro atoms. The Bertz CT molecular complexity index is 447. The number of nitrogens with two attached hydrogens (primary N) is 1. The zero-order valence-corrected chi connectivity index (χ0v) is 8.70. The summed E-state index contributed by atoms with van der Waals surface area (Å²) in [5.74, 6) is 1.59. The summed E-state index contributed by atoms with van der Waals surface area (Å²) in [6, 6.07) is 7.64. The standard InChI is InChI=1S/C11H14N4/c1-2-5-10-13-11(15-14-10)8-6-3-4-7-9(8)12/h3-4,6-7H,2,5,12H2,1H3,(H,13,14,15). The molecule has 15 heavy (non-hydrogen) atoms. The first-order valence-corrected chi connectivity index (χ1v) is 5.07. The molecule has 0 amide bonds. The van der Waals surface area contributed by atoms with Crippen LogP contribution in [0, 0.1) is 0 Å². The number of benzene rings is 1. The second-order valence-electron chi connectivity index (χ2n) is 3.44. The topological polar surface area (TPSA) is 67.6 Å². The predicted octanol–water partition coefficient (Wildman–Crippen LogP) is 2.01. The van der Waals surface area contributed by atoms with E-state index in [2.05, 4.69) is 22.1 Å². The Hall–Kier alpha value is -1.84. The van der Waals surface area contributed by atoms with Crippen molar-refractivity contribution in [2.24, 2.45) is 0 Å². The van der Waals surface area contributed by atoms with Gasteiger partial charge in [-0.1, -0.05) is 19.1 Å². The Morgan fingerprint density at radius 1 is 1.33 bits per heavy atom. The van der Waals surface area contributed by atoms with Crippen molar-refractivity contribution in [2.75, 3.05) is 5.73 Å². The Labute approximate surface area is 88.5 Å². The molecule has 0 aliphatic carbocycles. The fourth-order valence-corrected chi connectivity index (χ4v) is 1.47. The molecule has 0 saturated carbocycles. The van der Waals surface area contributed by atoms with Crippen LogP contribution >= 0.6 is 0 Å². The molecule has 2 aromatic rings. The number of nitrogens with zero attached hydrogens (tertiary/aromatic N) is 2. The van der Waals surface area contributed by atoms with Crippen LogP contribution < -0.4 is 5.73 Å². The van der Waals surface area contributed by atoms with E-state index < -0.39 is 0 Å². The van der Waals surface area contributed by atoms with Gasteiger partial charge in [0.05, 0.1) is 0 Å². The van der Waals surface area contributed by atoms with Crippen LogP contribution in [-0.4, -0.2) is 15.2 Å². The second-order valence-corrected chi connectivity index (χ2v) is 3.44. The summed E-state index contributed by atoms with van der Waals surface area (Å²) in [5.41, 5.74) is 7.48. The molecule has 0 saturated heterocycles. The SMILES string of the molecule is CCCc1n[nH]c(-c2ccccc2N)n1.